The maximum absolute atomic E-state index is 12.6. The summed E-state index contributed by atoms with van der Waals surface area (Å²) in [6.07, 6.45) is 3.12. The summed E-state index contributed by atoms with van der Waals surface area (Å²) in [5.74, 6) is -0.0816. The molecule has 0 radical (unpaired) electrons. The Morgan fingerprint density at radius 1 is 1.00 bits per heavy atom. The number of fused-ring (bicyclic) bond motifs is 1. The van der Waals surface area contributed by atoms with Crippen molar-refractivity contribution in [1.82, 2.24) is 0 Å². The molecule has 8 heteroatoms. The molecule has 158 valence electrons. The van der Waals surface area contributed by atoms with Crippen LogP contribution in [0.1, 0.15) is 40.0 Å². The number of carbonyl (C=O) groups is 1. The Morgan fingerprint density at radius 2 is 1.59 bits per heavy atom. The Kier molecular flexibility index (Phi) is 8.51. The lowest BCUT2D eigenvalue weighted by atomic mass is 9.89. The van der Waals surface area contributed by atoms with Crippen LogP contribution in [0, 0.1) is 5.92 Å². The van der Waals surface area contributed by atoms with E-state index < -0.39 is 16.9 Å². The fourth-order valence-electron chi connectivity index (χ4n) is 4.14. The molecule has 1 saturated carbocycles. The van der Waals surface area contributed by atoms with E-state index in [1.165, 1.54) is 0 Å². The summed E-state index contributed by atoms with van der Waals surface area (Å²) >= 11 is 0. The second kappa shape index (κ2) is 9.98. The monoisotopic (exact) mass is 418 g/mol. The van der Waals surface area contributed by atoms with Crippen LogP contribution in [0.25, 0.3) is 0 Å². The molecule has 0 spiro atoms. The fourth-order valence-corrected chi connectivity index (χ4v) is 8.99. The topological polar surface area (TPSA) is 66.5 Å². The van der Waals surface area contributed by atoms with Gasteiger partial charge in [0.05, 0.1) is 32.8 Å². The SMILES string of the molecule is CCO[Si](CCCOC(=O)C1CC2OC2C([Si](C)(C)C)C1)(OCC)OCC. The van der Waals surface area contributed by atoms with Gasteiger partial charge in [0.15, 0.2) is 0 Å². The third-order valence-electron chi connectivity index (χ3n) is 5.48. The van der Waals surface area contributed by atoms with Crippen molar-refractivity contribution >= 4 is 22.8 Å². The Bertz CT molecular complexity index is 464. The van der Waals surface area contributed by atoms with Gasteiger partial charge in [-0.3, -0.25) is 4.79 Å². The highest BCUT2D eigenvalue weighted by Crippen LogP contribution is 2.51. The van der Waals surface area contributed by atoms with Gasteiger partial charge in [-0.1, -0.05) is 19.6 Å². The van der Waals surface area contributed by atoms with E-state index in [1.54, 1.807) is 0 Å². The average molecular weight is 419 g/mol. The van der Waals surface area contributed by atoms with Gasteiger partial charge >= 0.3 is 14.8 Å². The average Bonchev–Trinajstić information content (AvgIpc) is 3.37. The van der Waals surface area contributed by atoms with Crippen LogP contribution in [0.3, 0.4) is 0 Å². The number of esters is 1. The number of hydrogen-bond acceptors (Lipinski definition) is 6. The van der Waals surface area contributed by atoms with Gasteiger partial charge in [-0.15, -0.1) is 0 Å². The molecule has 4 unspecified atom stereocenters. The van der Waals surface area contributed by atoms with Gasteiger partial charge in [-0.05, 0) is 45.6 Å². The zero-order chi connectivity index (χ0) is 20.1. The van der Waals surface area contributed by atoms with E-state index in [0.717, 1.165) is 12.8 Å². The number of ether oxygens (including phenoxy) is 2. The van der Waals surface area contributed by atoms with E-state index >= 15 is 0 Å². The predicted octanol–water partition coefficient (Wildman–Crippen LogP) is 3.85. The minimum atomic E-state index is -2.65. The van der Waals surface area contributed by atoms with Crippen LogP contribution in [0.4, 0.5) is 0 Å². The summed E-state index contributed by atoms with van der Waals surface area (Å²) in [7, 11) is -3.99. The summed E-state index contributed by atoms with van der Waals surface area (Å²) < 4.78 is 29.0. The van der Waals surface area contributed by atoms with Gasteiger partial charge in [-0.2, -0.15) is 0 Å². The number of rotatable bonds is 12. The first kappa shape index (κ1) is 23.0. The van der Waals surface area contributed by atoms with Crippen LogP contribution in [0.15, 0.2) is 0 Å². The molecule has 0 N–H and O–H groups in total. The van der Waals surface area contributed by atoms with Crippen molar-refractivity contribution in [1.29, 1.82) is 0 Å². The molecule has 0 aromatic heterocycles. The molecule has 0 bridgehead atoms. The minimum absolute atomic E-state index is 0.0156. The molecule has 2 aliphatic rings. The van der Waals surface area contributed by atoms with Crippen LogP contribution in [0.2, 0.25) is 31.2 Å². The van der Waals surface area contributed by atoms with E-state index in [0.29, 0.717) is 50.5 Å². The molecule has 4 atom stereocenters. The highest BCUT2D eigenvalue weighted by molar-refractivity contribution is 6.77. The van der Waals surface area contributed by atoms with Crippen molar-refractivity contribution in [2.75, 3.05) is 26.4 Å². The van der Waals surface area contributed by atoms with Gasteiger partial charge < -0.3 is 22.8 Å². The molecule has 0 amide bonds. The van der Waals surface area contributed by atoms with Crippen molar-refractivity contribution in [3.63, 3.8) is 0 Å². The summed E-state index contributed by atoms with van der Waals surface area (Å²) in [5, 5.41) is 0. The molecule has 1 heterocycles. The Balaban J connectivity index is 1.79. The zero-order valence-corrected chi connectivity index (χ0v) is 19.9. The maximum Gasteiger partial charge on any atom is 0.501 e. The predicted molar refractivity (Wildman–Crippen MR) is 109 cm³/mol. The molecule has 0 aromatic rings. The molecule has 1 saturated heterocycles. The van der Waals surface area contributed by atoms with Crippen LogP contribution in [-0.2, 0) is 27.5 Å². The molecular weight excluding hydrogens is 380 g/mol. The quantitative estimate of drug-likeness (QED) is 0.207. The lowest BCUT2D eigenvalue weighted by Crippen LogP contribution is -2.46. The minimum Gasteiger partial charge on any atom is -0.465 e. The number of epoxide rings is 1. The van der Waals surface area contributed by atoms with Crippen LogP contribution < -0.4 is 0 Å². The number of carbonyl (C=O) groups excluding carboxylic acids is 1. The highest BCUT2D eigenvalue weighted by Gasteiger charge is 2.55. The standard InChI is InChI=1S/C19H38O6Si2/c1-7-22-27(23-8-2,24-9-3)12-10-11-21-19(20)15-13-16-18(25-16)17(14-15)26(4,5)6/h15-18H,7-14H2,1-6H3. The Morgan fingerprint density at radius 3 is 2.11 bits per heavy atom. The van der Waals surface area contributed by atoms with Gasteiger partial charge in [0, 0.05) is 25.9 Å². The summed E-state index contributed by atoms with van der Waals surface area (Å²) in [5.41, 5.74) is 0.558. The molecule has 1 aliphatic heterocycles. The summed E-state index contributed by atoms with van der Waals surface area (Å²) in [4.78, 5) is 12.6. The number of hydrogen-bond donors (Lipinski definition) is 0. The zero-order valence-electron chi connectivity index (χ0n) is 17.9. The normalized spacial score (nSPS) is 27.9. The van der Waals surface area contributed by atoms with Gasteiger partial charge in [-0.25, -0.2) is 0 Å². The lowest BCUT2D eigenvalue weighted by molar-refractivity contribution is -0.149. The second-order valence-electron chi connectivity index (χ2n) is 8.53. The third-order valence-corrected chi connectivity index (χ3v) is 11.4. The molecule has 6 nitrogen and oxygen atoms in total. The van der Waals surface area contributed by atoms with E-state index in [-0.39, 0.29) is 18.0 Å². The van der Waals surface area contributed by atoms with Crippen LogP contribution >= 0.6 is 0 Å². The van der Waals surface area contributed by atoms with Gasteiger partial charge in [0.2, 0.25) is 0 Å². The van der Waals surface area contributed by atoms with Crippen molar-refractivity contribution < 1.29 is 27.5 Å². The van der Waals surface area contributed by atoms with Crippen LogP contribution in [0.5, 0.6) is 0 Å². The fraction of sp³-hybridized carbons (Fsp3) is 0.947. The third kappa shape index (κ3) is 6.37. The molecule has 1 aliphatic carbocycles. The molecule has 0 aromatic carbocycles. The van der Waals surface area contributed by atoms with Crippen molar-refractivity contribution in [3.8, 4) is 0 Å². The van der Waals surface area contributed by atoms with Crippen molar-refractivity contribution in [3.05, 3.63) is 0 Å². The molecule has 27 heavy (non-hydrogen) atoms. The van der Waals surface area contributed by atoms with Gasteiger partial charge in [0.25, 0.3) is 0 Å². The van der Waals surface area contributed by atoms with E-state index in [4.69, 9.17) is 22.8 Å². The highest BCUT2D eigenvalue weighted by atomic mass is 28.4. The summed E-state index contributed by atoms with van der Waals surface area (Å²) in [6.45, 7) is 15.0. The molecular formula is C19H38O6Si2. The summed E-state index contributed by atoms with van der Waals surface area (Å²) in [6, 6.07) is 0.672. The molecule has 2 rings (SSSR count). The lowest BCUT2D eigenvalue weighted by Gasteiger charge is -2.33. The van der Waals surface area contributed by atoms with E-state index in [2.05, 4.69) is 19.6 Å². The van der Waals surface area contributed by atoms with Crippen molar-refractivity contribution in [2.45, 2.75) is 83.5 Å². The maximum atomic E-state index is 12.6. The van der Waals surface area contributed by atoms with Gasteiger partial charge in [0.1, 0.15) is 0 Å². The largest absolute Gasteiger partial charge is 0.501 e. The first-order chi connectivity index (χ1) is 12.8. The van der Waals surface area contributed by atoms with Crippen LogP contribution in [-0.4, -0.2) is 61.5 Å². The van der Waals surface area contributed by atoms with Crippen molar-refractivity contribution in [2.24, 2.45) is 5.92 Å². The Labute approximate surface area is 166 Å². The first-order valence-corrected chi connectivity index (χ1v) is 16.0. The van der Waals surface area contributed by atoms with E-state index in [9.17, 15) is 4.79 Å². The smallest absolute Gasteiger partial charge is 0.465 e. The second-order valence-corrected chi connectivity index (χ2v) is 16.7. The Hall–Kier alpha value is -0.256. The first-order valence-electron chi connectivity index (χ1n) is 10.5. The molecule has 2 fully saturated rings. The van der Waals surface area contributed by atoms with E-state index in [1.807, 2.05) is 20.8 Å².